The predicted octanol–water partition coefficient (Wildman–Crippen LogP) is 0.208. The van der Waals surface area contributed by atoms with Gasteiger partial charge in [-0.15, -0.1) is 0 Å². The molecule has 0 aliphatic carbocycles. The largest absolute Gasteiger partial charge is 0.383 e. The number of ether oxygens (including phenoxy) is 1. The molecule has 17 heavy (non-hydrogen) atoms. The molecule has 0 rings (SSSR count). The second kappa shape index (κ2) is 8.36. The SMILES string of the molecule is COCCNC(=O)C(C)NC(=O)C(S)C(C)C. The summed E-state index contributed by atoms with van der Waals surface area (Å²) in [5.41, 5.74) is 0. The molecule has 0 radical (unpaired) electrons. The zero-order chi connectivity index (χ0) is 13.4. The molecule has 2 unspecified atom stereocenters. The second-order valence-corrected chi connectivity index (χ2v) is 4.76. The number of nitrogens with one attached hydrogen (secondary N) is 2. The molecule has 5 nitrogen and oxygen atoms in total. The first-order valence-electron chi connectivity index (χ1n) is 5.65. The van der Waals surface area contributed by atoms with Crippen LogP contribution in [0.3, 0.4) is 0 Å². The van der Waals surface area contributed by atoms with Crippen molar-refractivity contribution in [3.05, 3.63) is 0 Å². The van der Waals surface area contributed by atoms with Gasteiger partial charge in [0.1, 0.15) is 6.04 Å². The van der Waals surface area contributed by atoms with Gasteiger partial charge < -0.3 is 15.4 Å². The quantitative estimate of drug-likeness (QED) is 0.454. The van der Waals surface area contributed by atoms with Crippen LogP contribution in [0.5, 0.6) is 0 Å². The number of hydrogen-bond acceptors (Lipinski definition) is 4. The third kappa shape index (κ3) is 6.53. The summed E-state index contributed by atoms with van der Waals surface area (Å²) < 4.78 is 4.81. The normalized spacial score (nSPS) is 14.2. The van der Waals surface area contributed by atoms with Crippen LogP contribution >= 0.6 is 12.6 Å². The third-order valence-electron chi connectivity index (χ3n) is 2.26. The molecule has 2 amide bonds. The van der Waals surface area contributed by atoms with Crippen LogP contribution in [-0.4, -0.2) is 43.4 Å². The molecule has 0 spiro atoms. The Balaban J connectivity index is 4.03. The van der Waals surface area contributed by atoms with Gasteiger partial charge in [-0.25, -0.2) is 0 Å². The first kappa shape index (κ1) is 16.2. The lowest BCUT2D eigenvalue weighted by Gasteiger charge is -2.18. The molecule has 0 aliphatic rings. The molecule has 6 heteroatoms. The van der Waals surface area contributed by atoms with Crippen LogP contribution in [0.2, 0.25) is 0 Å². The highest BCUT2D eigenvalue weighted by atomic mass is 32.1. The van der Waals surface area contributed by atoms with Crippen molar-refractivity contribution < 1.29 is 14.3 Å². The molecule has 0 aromatic rings. The number of rotatable bonds is 7. The van der Waals surface area contributed by atoms with Crippen LogP contribution in [0.1, 0.15) is 20.8 Å². The molecule has 0 bridgehead atoms. The maximum Gasteiger partial charge on any atom is 0.242 e. The van der Waals surface area contributed by atoms with E-state index in [1.807, 2.05) is 13.8 Å². The van der Waals surface area contributed by atoms with Gasteiger partial charge in [-0.1, -0.05) is 13.8 Å². The maximum atomic E-state index is 11.6. The summed E-state index contributed by atoms with van der Waals surface area (Å²) in [6.07, 6.45) is 0. The monoisotopic (exact) mass is 262 g/mol. The minimum atomic E-state index is -0.562. The number of methoxy groups -OCH3 is 1. The Bertz CT molecular complexity index is 259. The van der Waals surface area contributed by atoms with Gasteiger partial charge >= 0.3 is 0 Å². The van der Waals surface area contributed by atoms with E-state index >= 15 is 0 Å². The van der Waals surface area contributed by atoms with Gasteiger partial charge in [0.2, 0.25) is 11.8 Å². The zero-order valence-electron chi connectivity index (χ0n) is 10.8. The van der Waals surface area contributed by atoms with Crippen LogP contribution < -0.4 is 10.6 Å². The highest BCUT2D eigenvalue weighted by molar-refractivity contribution is 7.81. The Morgan fingerprint density at radius 1 is 1.24 bits per heavy atom. The lowest BCUT2D eigenvalue weighted by atomic mass is 10.1. The molecule has 0 saturated heterocycles. The molecule has 0 aromatic heterocycles. The molecule has 2 atom stereocenters. The predicted molar refractivity (Wildman–Crippen MR) is 70.1 cm³/mol. The van der Waals surface area contributed by atoms with Crippen molar-refractivity contribution in [2.24, 2.45) is 5.92 Å². The number of amides is 2. The Morgan fingerprint density at radius 2 is 1.82 bits per heavy atom. The average Bonchev–Trinajstić information content (AvgIpc) is 2.27. The highest BCUT2D eigenvalue weighted by Gasteiger charge is 2.21. The highest BCUT2D eigenvalue weighted by Crippen LogP contribution is 2.08. The lowest BCUT2D eigenvalue weighted by molar-refractivity contribution is -0.128. The molecule has 0 aromatic carbocycles. The fourth-order valence-electron chi connectivity index (χ4n) is 1.10. The fraction of sp³-hybridized carbons (Fsp3) is 0.818. The van der Waals surface area contributed by atoms with E-state index in [0.29, 0.717) is 13.2 Å². The van der Waals surface area contributed by atoms with E-state index in [4.69, 9.17) is 4.74 Å². The van der Waals surface area contributed by atoms with E-state index in [9.17, 15) is 9.59 Å². The Labute approximate surface area is 108 Å². The van der Waals surface area contributed by atoms with Gasteiger partial charge in [0.25, 0.3) is 0 Å². The van der Waals surface area contributed by atoms with E-state index in [-0.39, 0.29) is 17.7 Å². The van der Waals surface area contributed by atoms with Crippen LogP contribution in [0, 0.1) is 5.92 Å². The summed E-state index contributed by atoms with van der Waals surface area (Å²) >= 11 is 4.18. The summed E-state index contributed by atoms with van der Waals surface area (Å²) in [5.74, 6) is -0.320. The lowest BCUT2D eigenvalue weighted by Crippen LogP contribution is -2.48. The number of carbonyl (C=O) groups is 2. The zero-order valence-corrected chi connectivity index (χ0v) is 11.7. The van der Waals surface area contributed by atoms with E-state index in [1.54, 1.807) is 14.0 Å². The van der Waals surface area contributed by atoms with Crippen molar-refractivity contribution >= 4 is 24.4 Å². The minimum Gasteiger partial charge on any atom is -0.383 e. The number of hydrogen-bond donors (Lipinski definition) is 3. The van der Waals surface area contributed by atoms with Gasteiger partial charge in [-0.3, -0.25) is 9.59 Å². The molecule has 0 fully saturated rings. The molecule has 0 heterocycles. The van der Waals surface area contributed by atoms with Crippen LogP contribution in [0.4, 0.5) is 0 Å². The molecule has 2 N–H and O–H groups in total. The third-order valence-corrected chi connectivity index (χ3v) is 3.09. The number of carbonyl (C=O) groups excluding carboxylic acids is 2. The summed E-state index contributed by atoms with van der Waals surface area (Å²) in [7, 11) is 1.56. The average molecular weight is 262 g/mol. The van der Waals surface area contributed by atoms with Crippen LogP contribution in [-0.2, 0) is 14.3 Å². The minimum absolute atomic E-state index is 0.127. The molecule has 100 valence electrons. The summed E-state index contributed by atoms with van der Waals surface area (Å²) in [4.78, 5) is 23.2. The van der Waals surface area contributed by atoms with Gasteiger partial charge in [0, 0.05) is 13.7 Å². The summed E-state index contributed by atoms with van der Waals surface area (Å²) in [5, 5.41) is 4.87. The Kier molecular flexibility index (Phi) is 7.99. The van der Waals surface area contributed by atoms with Crippen molar-refractivity contribution in [3.8, 4) is 0 Å². The van der Waals surface area contributed by atoms with Crippen molar-refractivity contribution in [1.29, 1.82) is 0 Å². The van der Waals surface area contributed by atoms with Gasteiger partial charge in [-0.05, 0) is 12.8 Å². The van der Waals surface area contributed by atoms with Gasteiger partial charge in [0.15, 0.2) is 0 Å². The second-order valence-electron chi connectivity index (χ2n) is 4.20. The van der Waals surface area contributed by atoms with Crippen molar-refractivity contribution in [2.75, 3.05) is 20.3 Å². The van der Waals surface area contributed by atoms with Crippen LogP contribution in [0.25, 0.3) is 0 Å². The number of thiol groups is 1. The van der Waals surface area contributed by atoms with Crippen molar-refractivity contribution in [1.82, 2.24) is 10.6 Å². The van der Waals surface area contributed by atoms with Gasteiger partial charge in [0.05, 0.1) is 11.9 Å². The van der Waals surface area contributed by atoms with Crippen molar-refractivity contribution in [2.45, 2.75) is 32.1 Å². The molecule has 0 saturated carbocycles. The first-order chi connectivity index (χ1) is 7.90. The van der Waals surface area contributed by atoms with E-state index in [0.717, 1.165) is 0 Å². The standard InChI is InChI=1S/C11H22N2O3S/c1-7(2)9(17)11(15)13-8(3)10(14)12-5-6-16-4/h7-9,17H,5-6H2,1-4H3,(H,12,14)(H,13,15). The van der Waals surface area contributed by atoms with Gasteiger partial charge in [-0.2, -0.15) is 12.6 Å². The molecule has 0 aliphatic heterocycles. The van der Waals surface area contributed by atoms with E-state index in [1.165, 1.54) is 0 Å². The fourth-order valence-corrected chi connectivity index (χ4v) is 1.17. The molecular formula is C11H22N2O3S. The topological polar surface area (TPSA) is 67.4 Å². The van der Waals surface area contributed by atoms with Crippen LogP contribution in [0.15, 0.2) is 0 Å². The first-order valence-corrected chi connectivity index (χ1v) is 6.16. The molecular weight excluding hydrogens is 240 g/mol. The Morgan fingerprint density at radius 3 is 2.29 bits per heavy atom. The Hall–Kier alpha value is -0.750. The van der Waals surface area contributed by atoms with E-state index < -0.39 is 11.3 Å². The van der Waals surface area contributed by atoms with Crippen molar-refractivity contribution in [3.63, 3.8) is 0 Å². The summed E-state index contributed by atoms with van der Waals surface area (Å²) in [6, 6.07) is -0.562. The maximum absolute atomic E-state index is 11.6. The van der Waals surface area contributed by atoms with E-state index in [2.05, 4.69) is 23.3 Å². The smallest absolute Gasteiger partial charge is 0.242 e. The summed E-state index contributed by atoms with van der Waals surface area (Å²) in [6.45, 7) is 6.33.